The highest BCUT2D eigenvalue weighted by atomic mass is 32.2. The molecule has 0 aromatic rings. The van der Waals surface area contributed by atoms with Crippen LogP contribution in [0.5, 0.6) is 0 Å². The van der Waals surface area contributed by atoms with Gasteiger partial charge in [0, 0.05) is 46.3 Å². The molecule has 0 aromatic carbocycles. The van der Waals surface area contributed by atoms with Crippen molar-refractivity contribution in [3.63, 3.8) is 0 Å². The molecule has 14 nitrogen and oxygen atoms in total. The van der Waals surface area contributed by atoms with Crippen LogP contribution < -0.4 is 21.3 Å². The summed E-state index contributed by atoms with van der Waals surface area (Å²) in [4.78, 5) is 68.1. The van der Waals surface area contributed by atoms with Crippen LogP contribution in [0.25, 0.3) is 0 Å². The van der Waals surface area contributed by atoms with Crippen LogP contribution in [0.4, 0.5) is 4.79 Å². The van der Waals surface area contributed by atoms with E-state index in [4.69, 9.17) is 0 Å². The van der Waals surface area contributed by atoms with Crippen LogP contribution in [0.2, 0.25) is 0 Å². The summed E-state index contributed by atoms with van der Waals surface area (Å²) in [6, 6.07) is -4.12. The number of ketones is 1. The summed E-state index contributed by atoms with van der Waals surface area (Å²) in [6.45, 7) is 18.3. The number of hydrogen-bond acceptors (Lipinski definition) is 7. The Kier molecular flexibility index (Phi) is 11.5. The van der Waals surface area contributed by atoms with Crippen molar-refractivity contribution in [1.82, 2.24) is 34.8 Å². The van der Waals surface area contributed by atoms with Crippen molar-refractivity contribution in [3.8, 4) is 0 Å². The fraction of sp³-hybridized carbons (Fsp3) is 0.844. The van der Waals surface area contributed by atoms with Gasteiger partial charge in [0.1, 0.15) is 12.1 Å². The average molecular weight is 684 g/mol. The van der Waals surface area contributed by atoms with E-state index in [0.717, 1.165) is 0 Å². The summed E-state index contributed by atoms with van der Waals surface area (Å²) < 4.78 is 28.6. The molecule has 3 rings (SSSR count). The Labute approximate surface area is 280 Å². The second-order valence-electron chi connectivity index (χ2n) is 16.1. The van der Waals surface area contributed by atoms with Gasteiger partial charge in [0.25, 0.3) is 16.1 Å². The van der Waals surface area contributed by atoms with E-state index < -0.39 is 74.7 Å². The summed E-state index contributed by atoms with van der Waals surface area (Å²) in [5.74, 6) is -2.54. The first kappa shape index (κ1) is 38.7. The maximum Gasteiger partial charge on any atom is 0.315 e. The number of carbonyl (C=O) groups excluding carboxylic acids is 5. The molecule has 3 aliphatic rings. The zero-order chi connectivity index (χ0) is 35.9. The summed E-state index contributed by atoms with van der Waals surface area (Å²) in [6.07, 6.45) is 1.49. The first-order chi connectivity index (χ1) is 21.5. The van der Waals surface area contributed by atoms with Crippen molar-refractivity contribution in [2.24, 2.45) is 28.1 Å². The molecule has 6 atom stereocenters. The van der Waals surface area contributed by atoms with Crippen LogP contribution >= 0.6 is 0 Å². The van der Waals surface area contributed by atoms with Gasteiger partial charge >= 0.3 is 6.03 Å². The first-order valence-electron chi connectivity index (χ1n) is 16.6. The summed E-state index contributed by atoms with van der Waals surface area (Å²) >= 11 is 0. The number of rotatable bonds is 11. The van der Waals surface area contributed by atoms with Gasteiger partial charge in [-0.25, -0.2) is 4.79 Å². The topological polar surface area (TPSA) is 177 Å². The molecule has 2 saturated heterocycles. The highest BCUT2D eigenvalue weighted by Crippen LogP contribution is 2.65. The van der Waals surface area contributed by atoms with Crippen molar-refractivity contribution < 1.29 is 32.4 Å². The van der Waals surface area contributed by atoms with Gasteiger partial charge in [0.05, 0.1) is 6.04 Å². The second-order valence-corrected chi connectivity index (χ2v) is 18.1. The third-order valence-corrected chi connectivity index (χ3v) is 12.1. The fourth-order valence-corrected chi connectivity index (χ4v) is 8.33. The van der Waals surface area contributed by atoms with Crippen molar-refractivity contribution in [3.05, 3.63) is 0 Å². The highest BCUT2D eigenvalue weighted by Gasteiger charge is 2.70. The molecule has 0 spiro atoms. The maximum absolute atomic E-state index is 14.3. The minimum atomic E-state index is -3.66. The molecule has 47 heavy (non-hydrogen) atoms. The third kappa shape index (κ3) is 8.27. The molecule has 2 heterocycles. The first-order valence-corrected chi connectivity index (χ1v) is 18.0. The molecule has 2 unspecified atom stereocenters. The van der Waals surface area contributed by atoms with Crippen LogP contribution in [-0.2, 0) is 29.4 Å². The summed E-state index contributed by atoms with van der Waals surface area (Å²) in [5.41, 5.74) is -1.47. The number of piperidine rings is 1. The van der Waals surface area contributed by atoms with Crippen LogP contribution in [0.3, 0.4) is 0 Å². The fourth-order valence-electron chi connectivity index (χ4n) is 6.88. The molecule has 15 heteroatoms. The Hall–Kier alpha value is -2.78. The van der Waals surface area contributed by atoms with Crippen LogP contribution in [0, 0.1) is 28.1 Å². The lowest BCUT2D eigenvalue weighted by molar-refractivity contribution is -0.145. The van der Waals surface area contributed by atoms with E-state index in [-0.39, 0.29) is 30.2 Å². The molecule has 0 radical (unpaired) electrons. The summed E-state index contributed by atoms with van der Waals surface area (Å²) in [5, 5.41) is 10.9. The Balaban J connectivity index is 1.83. The van der Waals surface area contributed by atoms with Crippen LogP contribution in [0.15, 0.2) is 0 Å². The molecule has 0 bridgehead atoms. The molecule has 1 saturated carbocycles. The molecule has 4 N–H and O–H groups in total. The number of likely N-dealkylation sites (N-methyl/N-ethyl adjacent to an activating group) is 1. The molecular weight excluding hydrogens is 626 g/mol. The molecule has 3 fully saturated rings. The van der Waals surface area contributed by atoms with Gasteiger partial charge in [-0.2, -0.15) is 17.0 Å². The monoisotopic (exact) mass is 683 g/mol. The minimum absolute atomic E-state index is 0.0609. The van der Waals surface area contributed by atoms with E-state index in [2.05, 4.69) is 21.3 Å². The number of urea groups is 1. The van der Waals surface area contributed by atoms with Gasteiger partial charge in [0.15, 0.2) is 0 Å². The van der Waals surface area contributed by atoms with Gasteiger partial charge in [-0.15, -0.1) is 0 Å². The molecule has 1 aliphatic carbocycles. The predicted octanol–water partition coefficient (Wildman–Crippen LogP) is 1.08. The van der Waals surface area contributed by atoms with Gasteiger partial charge in [-0.05, 0) is 40.9 Å². The lowest BCUT2D eigenvalue weighted by Crippen LogP contribution is -2.63. The molecule has 5 amide bonds. The van der Waals surface area contributed by atoms with Gasteiger partial charge in [-0.3, -0.25) is 19.2 Å². The van der Waals surface area contributed by atoms with E-state index in [1.54, 1.807) is 0 Å². The SMILES string of the molecule is CCCC(NC(=O)C1[C@@H]2[C@H](CN1C(=O)[C@@H](NC(=O)N[C@H](CN1CCCN(C)S1(=O)=O)C(C)(C)C)C(C)(C)C)C2(C)C)C(=O)C(=O)NC. The number of hydrogen-bond donors (Lipinski definition) is 4. The van der Waals surface area contributed by atoms with E-state index in [1.807, 2.05) is 62.3 Å². The van der Waals surface area contributed by atoms with E-state index >= 15 is 0 Å². The zero-order valence-corrected chi connectivity index (χ0v) is 30.8. The van der Waals surface area contributed by atoms with Crippen molar-refractivity contribution in [1.29, 1.82) is 0 Å². The number of nitrogens with one attached hydrogen (secondary N) is 4. The number of fused-ring (bicyclic) bond motifs is 1. The third-order valence-electron chi connectivity index (χ3n) is 10.1. The second kappa shape index (κ2) is 14.0. The van der Waals surface area contributed by atoms with E-state index in [9.17, 15) is 32.4 Å². The average Bonchev–Trinajstić information content (AvgIpc) is 3.27. The Bertz CT molecular complexity index is 1340. The number of carbonyl (C=O) groups is 5. The lowest BCUT2D eigenvalue weighted by Gasteiger charge is -2.40. The molecule has 268 valence electrons. The standard InChI is InChI=1S/C32H57N7O7S/c1-12-14-20(24(40)27(42)33-10)34-26(41)23-22-19(32(22,8)9)17-39(23)28(43)25(31(5,6)7)36-29(44)35-21(30(2,3)4)18-38-16-13-15-37(11)47(38,45)46/h19-23,25H,12-18H2,1-11H3,(H,33,42)(H,34,41)(H2,35,36,44)/t19-,20?,21+,22-,23?,25+/m0/s1. The van der Waals surface area contributed by atoms with Gasteiger partial charge < -0.3 is 26.2 Å². The Morgan fingerprint density at radius 1 is 0.936 bits per heavy atom. The Morgan fingerprint density at radius 3 is 2.09 bits per heavy atom. The number of likely N-dealkylation sites (tertiary alicyclic amines) is 1. The Morgan fingerprint density at radius 2 is 1.55 bits per heavy atom. The van der Waals surface area contributed by atoms with Crippen LogP contribution in [0.1, 0.15) is 81.6 Å². The van der Waals surface area contributed by atoms with Crippen LogP contribution in [-0.4, -0.2) is 116 Å². The smallest absolute Gasteiger partial charge is 0.315 e. The highest BCUT2D eigenvalue weighted by molar-refractivity contribution is 7.86. The largest absolute Gasteiger partial charge is 0.353 e. The lowest BCUT2D eigenvalue weighted by atomic mass is 9.85. The predicted molar refractivity (Wildman–Crippen MR) is 178 cm³/mol. The minimum Gasteiger partial charge on any atom is -0.353 e. The van der Waals surface area contributed by atoms with Crippen molar-refractivity contribution in [2.45, 2.75) is 106 Å². The number of amides is 5. The van der Waals surface area contributed by atoms with E-state index in [0.29, 0.717) is 32.5 Å². The van der Waals surface area contributed by atoms with E-state index in [1.165, 1.54) is 27.6 Å². The van der Waals surface area contributed by atoms with Crippen molar-refractivity contribution in [2.75, 3.05) is 40.3 Å². The molecule has 2 aliphatic heterocycles. The summed E-state index contributed by atoms with van der Waals surface area (Å²) in [7, 11) is -0.770. The van der Waals surface area contributed by atoms with Gasteiger partial charge in [0.2, 0.25) is 17.6 Å². The quantitative estimate of drug-likeness (QED) is 0.236. The number of Topliss-reactive ketones (excluding diaryl/α,β-unsaturated/α-hetero) is 1. The maximum atomic E-state index is 14.3. The van der Waals surface area contributed by atoms with Crippen molar-refractivity contribution >= 4 is 39.7 Å². The zero-order valence-electron chi connectivity index (χ0n) is 30.0. The van der Waals surface area contributed by atoms with Gasteiger partial charge in [-0.1, -0.05) is 68.7 Å². The number of nitrogens with zero attached hydrogens (tertiary/aromatic N) is 3. The molecular formula is C32H57N7O7S. The normalized spacial score (nSPS) is 25.9. The molecule has 0 aromatic heterocycles.